The van der Waals surface area contributed by atoms with E-state index in [9.17, 15) is 13.2 Å². The first kappa shape index (κ1) is 23.8. The molecule has 2 aromatic carbocycles. The third-order valence-electron chi connectivity index (χ3n) is 3.63. The standard InChI is InChI=1S/C20H26BrN3O5S/c1-4-9-28-18-13-17(24-30(3,26)27)19(29-10-5-2)12-16(18)23-20(25)22-15-8-6-7-14(21)11-15/h6-8,11-13,24H,4-5,9-10H2,1-3H3,(H2,22,23,25). The van der Waals surface area contributed by atoms with Gasteiger partial charge in [0.25, 0.3) is 0 Å². The molecule has 0 unspecified atom stereocenters. The number of nitrogens with one attached hydrogen (secondary N) is 3. The molecule has 0 radical (unpaired) electrons. The molecular formula is C20H26BrN3O5S. The van der Waals surface area contributed by atoms with Gasteiger partial charge >= 0.3 is 6.03 Å². The Morgan fingerprint density at radius 1 is 0.967 bits per heavy atom. The molecule has 0 aliphatic heterocycles. The monoisotopic (exact) mass is 499 g/mol. The van der Waals surface area contributed by atoms with Crippen molar-refractivity contribution in [1.29, 1.82) is 0 Å². The number of carbonyl (C=O) groups is 1. The highest BCUT2D eigenvalue weighted by Crippen LogP contribution is 2.37. The zero-order chi connectivity index (χ0) is 22.1. The van der Waals surface area contributed by atoms with Crippen molar-refractivity contribution in [3.05, 3.63) is 40.9 Å². The van der Waals surface area contributed by atoms with Crippen molar-refractivity contribution >= 4 is 49.0 Å². The van der Waals surface area contributed by atoms with Crippen LogP contribution in [0.25, 0.3) is 0 Å². The molecule has 2 amide bonds. The Hall–Kier alpha value is -2.46. The van der Waals surface area contributed by atoms with E-state index in [0.717, 1.165) is 23.6 Å². The summed E-state index contributed by atoms with van der Waals surface area (Å²) in [5, 5.41) is 5.49. The third-order valence-corrected chi connectivity index (χ3v) is 4.72. The molecular weight excluding hydrogens is 474 g/mol. The van der Waals surface area contributed by atoms with Crippen molar-refractivity contribution in [2.45, 2.75) is 26.7 Å². The summed E-state index contributed by atoms with van der Waals surface area (Å²) < 4.78 is 38.2. The van der Waals surface area contributed by atoms with E-state index in [1.54, 1.807) is 24.3 Å². The van der Waals surface area contributed by atoms with Gasteiger partial charge < -0.3 is 20.1 Å². The Labute approximate surface area is 185 Å². The normalized spacial score (nSPS) is 10.9. The fourth-order valence-corrected chi connectivity index (χ4v) is 3.41. The summed E-state index contributed by atoms with van der Waals surface area (Å²) in [6.45, 7) is 4.67. The number of hydrogen-bond acceptors (Lipinski definition) is 5. The quantitative estimate of drug-likeness (QED) is 0.424. The molecule has 10 heteroatoms. The molecule has 0 atom stereocenters. The van der Waals surface area contributed by atoms with Crippen molar-refractivity contribution in [3.8, 4) is 11.5 Å². The Morgan fingerprint density at radius 3 is 2.13 bits per heavy atom. The average Bonchev–Trinajstić information content (AvgIpc) is 2.65. The van der Waals surface area contributed by atoms with Gasteiger partial charge in [-0.3, -0.25) is 4.72 Å². The molecule has 164 valence electrons. The predicted octanol–water partition coefficient (Wildman–Crippen LogP) is 5.04. The van der Waals surface area contributed by atoms with Gasteiger partial charge in [0.1, 0.15) is 11.5 Å². The molecule has 0 saturated carbocycles. The Kier molecular flexibility index (Phi) is 8.79. The summed E-state index contributed by atoms with van der Waals surface area (Å²) in [5.74, 6) is 0.625. The summed E-state index contributed by atoms with van der Waals surface area (Å²) >= 11 is 3.36. The Morgan fingerprint density at radius 2 is 1.57 bits per heavy atom. The van der Waals surface area contributed by atoms with Gasteiger partial charge in [-0.25, -0.2) is 13.2 Å². The van der Waals surface area contributed by atoms with Crippen molar-refractivity contribution in [2.75, 3.05) is 34.8 Å². The van der Waals surface area contributed by atoms with Gasteiger partial charge in [0.15, 0.2) is 0 Å². The van der Waals surface area contributed by atoms with E-state index in [4.69, 9.17) is 9.47 Å². The molecule has 0 spiro atoms. The van der Waals surface area contributed by atoms with E-state index in [1.807, 2.05) is 19.9 Å². The fourth-order valence-electron chi connectivity index (χ4n) is 2.45. The van der Waals surface area contributed by atoms with Crippen molar-refractivity contribution in [2.24, 2.45) is 0 Å². The SMILES string of the molecule is CCCOc1cc(NS(C)(=O)=O)c(OCCC)cc1NC(=O)Nc1cccc(Br)c1. The van der Waals surface area contributed by atoms with Crippen LogP contribution in [0.3, 0.4) is 0 Å². The second kappa shape index (κ2) is 11.1. The molecule has 0 bridgehead atoms. The first-order valence-electron chi connectivity index (χ1n) is 9.46. The molecule has 8 nitrogen and oxygen atoms in total. The fraction of sp³-hybridized carbons (Fsp3) is 0.350. The smallest absolute Gasteiger partial charge is 0.323 e. The van der Waals surface area contributed by atoms with Crippen LogP contribution in [0.1, 0.15) is 26.7 Å². The third kappa shape index (κ3) is 7.75. The highest BCUT2D eigenvalue weighted by Gasteiger charge is 2.17. The number of rotatable bonds is 10. The van der Waals surface area contributed by atoms with Crippen LogP contribution in [0.5, 0.6) is 11.5 Å². The highest BCUT2D eigenvalue weighted by molar-refractivity contribution is 9.10. The first-order valence-corrected chi connectivity index (χ1v) is 12.1. The largest absolute Gasteiger partial charge is 0.491 e. The first-order chi connectivity index (χ1) is 14.2. The van der Waals surface area contributed by atoms with Gasteiger partial charge in [-0.2, -0.15) is 0 Å². The van der Waals surface area contributed by atoms with Crippen molar-refractivity contribution < 1.29 is 22.7 Å². The molecule has 30 heavy (non-hydrogen) atoms. The van der Waals surface area contributed by atoms with Crippen LogP contribution in [0.2, 0.25) is 0 Å². The number of hydrogen-bond donors (Lipinski definition) is 3. The number of carbonyl (C=O) groups excluding carboxylic acids is 1. The van der Waals surface area contributed by atoms with E-state index in [2.05, 4.69) is 31.3 Å². The van der Waals surface area contributed by atoms with Gasteiger partial charge in [-0.15, -0.1) is 0 Å². The second-order valence-corrected chi connectivity index (χ2v) is 9.17. The highest BCUT2D eigenvalue weighted by atomic mass is 79.9. The zero-order valence-electron chi connectivity index (χ0n) is 17.1. The summed E-state index contributed by atoms with van der Waals surface area (Å²) in [6.07, 6.45) is 2.53. The van der Waals surface area contributed by atoms with E-state index in [0.29, 0.717) is 36.1 Å². The van der Waals surface area contributed by atoms with Gasteiger partial charge in [0.2, 0.25) is 10.0 Å². The van der Waals surface area contributed by atoms with Crippen LogP contribution in [0, 0.1) is 0 Å². The minimum atomic E-state index is -3.53. The molecule has 0 saturated heterocycles. The zero-order valence-corrected chi connectivity index (χ0v) is 19.5. The Balaban J connectivity index is 2.35. The maximum absolute atomic E-state index is 12.5. The molecule has 0 heterocycles. The maximum Gasteiger partial charge on any atom is 0.323 e. The summed E-state index contributed by atoms with van der Waals surface area (Å²) in [7, 11) is -3.53. The average molecular weight is 500 g/mol. The number of ether oxygens (including phenoxy) is 2. The number of urea groups is 1. The number of anilines is 3. The number of benzene rings is 2. The van der Waals surface area contributed by atoms with Crippen LogP contribution in [-0.4, -0.2) is 33.9 Å². The van der Waals surface area contributed by atoms with Crippen molar-refractivity contribution in [3.63, 3.8) is 0 Å². The summed E-state index contributed by atoms with van der Waals surface area (Å²) in [5.41, 5.74) is 1.21. The van der Waals surface area contributed by atoms with E-state index in [1.165, 1.54) is 6.07 Å². The minimum absolute atomic E-state index is 0.245. The number of halogens is 1. The van der Waals surface area contributed by atoms with Gasteiger partial charge in [-0.05, 0) is 31.0 Å². The lowest BCUT2D eigenvalue weighted by atomic mass is 10.2. The van der Waals surface area contributed by atoms with Crippen LogP contribution < -0.4 is 24.8 Å². The van der Waals surface area contributed by atoms with Gasteiger partial charge in [0, 0.05) is 22.3 Å². The van der Waals surface area contributed by atoms with Crippen LogP contribution in [0.15, 0.2) is 40.9 Å². The van der Waals surface area contributed by atoms with E-state index >= 15 is 0 Å². The number of amides is 2. The summed E-state index contributed by atoms with van der Waals surface area (Å²) in [6, 6.07) is 9.77. The number of sulfonamides is 1. The lowest BCUT2D eigenvalue weighted by molar-refractivity contribution is 0.261. The molecule has 0 aliphatic carbocycles. The molecule has 0 aliphatic rings. The molecule has 3 N–H and O–H groups in total. The predicted molar refractivity (Wildman–Crippen MR) is 123 cm³/mol. The van der Waals surface area contributed by atoms with Crippen LogP contribution in [0.4, 0.5) is 21.9 Å². The second-order valence-electron chi connectivity index (χ2n) is 6.51. The molecule has 0 aromatic heterocycles. The van der Waals surface area contributed by atoms with E-state index in [-0.39, 0.29) is 5.69 Å². The van der Waals surface area contributed by atoms with Crippen LogP contribution >= 0.6 is 15.9 Å². The molecule has 0 fully saturated rings. The van der Waals surface area contributed by atoms with Crippen molar-refractivity contribution in [1.82, 2.24) is 0 Å². The van der Waals surface area contributed by atoms with Gasteiger partial charge in [0.05, 0.1) is 30.8 Å². The summed E-state index contributed by atoms with van der Waals surface area (Å²) in [4.78, 5) is 12.5. The topological polar surface area (TPSA) is 106 Å². The van der Waals surface area contributed by atoms with Gasteiger partial charge in [-0.1, -0.05) is 35.8 Å². The van der Waals surface area contributed by atoms with E-state index < -0.39 is 16.1 Å². The Bertz CT molecular complexity index is 982. The maximum atomic E-state index is 12.5. The minimum Gasteiger partial charge on any atom is -0.491 e. The molecule has 2 aromatic rings. The lowest BCUT2D eigenvalue weighted by Gasteiger charge is -2.18. The molecule has 2 rings (SSSR count). The lowest BCUT2D eigenvalue weighted by Crippen LogP contribution is -2.20. The van der Waals surface area contributed by atoms with Crippen LogP contribution in [-0.2, 0) is 10.0 Å².